The second-order valence-corrected chi connectivity index (χ2v) is 6.00. The van der Waals surface area contributed by atoms with E-state index < -0.39 is 0 Å². The molecule has 2 aromatic carbocycles. The molecule has 2 N–H and O–H groups in total. The summed E-state index contributed by atoms with van der Waals surface area (Å²) in [5, 5.41) is 6.60. The van der Waals surface area contributed by atoms with Crippen molar-refractivity contribution in [1.82, 2.24) is 9.97 Å². The third-order valence-electron chi connectivity index (χ3n) is 3.35. The molecule has 5 heteroatoms. The van der Waals surface area contributed by atoms with Crippen LogP contribution in [0.1, 0.15) is 5.56 Å². The van der Waals surface area contributed by atoms with Crippen molar-refractivity contribution in [3.63, 3.8) is 0 Å². The number of hydrogen-bond acceptors (Lipinski definition) is 4. The van der Waals surface area contributed by atoms with Crippen molar-refractivity contribution in [3.05, 3.63) is 77.0 Å². The van der Waals surface area contributed by atoms with Crippen molar-refractivity contribution in [3.8, 4) is 0 Å². The van der Waals surface area contributed by atoms with Gasteiger partial charge in [0.15, 0.2) is 0 Å². The van der Waals surface area contributed by atoms with Crippen molar-refractivity contribution in [2.75, 3.05) is 17.2 Å². The first-order valence-electron chi connectivity index (χ1n) is 7.42. The predicted octanol–water partition coefficient (Wildman–Crippen LogP) is 4.64. The molecule has 1 heterocycles. The Morgan fingerprint density at radius 2 is 1.61 bits per heavy atom. The van der Waals surface area contributed by atoms with Crippen molar-refractivity contribution in [2.24, 2.45) is 0 Å². The van der Waals surface area contributed by atoms with Crippen LogP contribution >= 0.6 is 15.9 Å². The molecule has 0 radical (unpaired) electrons. The molecule has 3 rings (SSSR count). The Kier molecular flexibility index (Phi) is 5.21. The normalized spacial score (nSPS) is 10.3. The van der Waals surface area contributed by atoms with E-state index >= 15 is 0 Å². The van der Waals surface area contributed by atoms with Crippen LogP contribution < -0.4 is 10.6 Å². The quantitative estimate of drug-likeness (QED) is 0.665. The number of hydrogen-bond donors (Lipinski definition) is 2. The van der Waals surface area contributed by atoms with E-state index in [-0.39, 0.29) is 0 Å². The number of rotatable bonds is 6. The SMILES string of the molecule is Brc1ccc(Nc2cc(NCCc3ccccc3)ncn2)cc1. The molecule has 0 amide bonds. The summed E-state index contributed by atoms with van der Waals surface area (Å²) in [7, 11) is 0. The fraction of sp³-hybridized carbons (Fsp3) is 0.111. The molecule has 0 spiro atoms. The third kappa shape index (κ3) is 4.79. The largest absolute Gasteiger partial charge is 0.370 e. The van der Waals surface area contributed by atoms with Gasteiger partial charge in [0, 0.05) is 22.8 Å². The molecule has 0 aliphatic carbocycles. The highest BCUT2D eigenvalue weighted by atomic mass is 79.9. The van der Waals surface area contributed by atoms with Gasteiger partial charge in [0.25, 0.3) is 0 Å². The smallest absolute Gasteiger partial charge is 0.135 e. The lowest BCUT2D eigenvalue weighted by Gasteiger charge is -2.09. The molecule has 0 saturated heterocycles. The van der Waals surface area contributed by atoms with Gasteiger partial charge in [-0.2, -0.15) is 0 Å². The van der Waals surface area contributed by atoms with Gasteiger partial charge in [0.2, 0.25) is 0 Å². The number of anilines is 3. The minimum atomic E-state index is 0.768. The van der Waals surface area contributed by atoms with Gasteiger partial charge in [-0.05, 0) is 36.2 Å². The maximum atomic E-state index is 4.26. The summed E-state index contributed by atoms with van der Waals surface area (Å²) >= 11 is 3.43. The molecular formula is C18H17BrN4. The van der Waals surface area contributed by atoms with Gasteiger partial charge in [-0.15, -0.1) is 0 Å². The zero-order chi connectivity index (χ0) is 15.9. The van der Waals surface area contributed by atoms with Crippen LogP contribution in [0, 0.1) is 0 Å². The fourth-order valence-electron chi connectivity index (χ4n) is 2.18. The van der Waals surface area contributed by atoms with Gasteiger partial charge < -0.3 is 10.6 Å². The molecule has 23 heavy (non-hydrogen) atoms. The Bertz CT molecular complexity index is 744. The lowest BCUT2D eigenvalue weighted by Crippen LogP contribution is -2.07. The van der Waals surface area contributed by atoms with E-state index in [0.717, 1.165) is 34.8 Å². The number of nitrogens with zero attached hydrogens (tertiary/aromatic N) is 2. The summed E-state index contributed by atoms with van der Waals surface area (Å²) in [6.07, 6.45) is 2.52. The zero-order valence-electron chi connectivity index (χ0n) is 12.5. The molecule has 1 aromatic heterocycles. The minimum absolute atomic E-state index is 0.768. The molecule has 0 fully saturated rings. The summed E-state index contributed by atoms with van der Waals surface area (Å²) in [5.41, 5.74) is 2.30. The third-order valence-corrected chi connectivity index (χ3v) is 3.87. The predicted molar refractivity (Wildman–Crippen MR) is 98.1 cm³/mol. The Morgan fingerprint density at radius 1 is 0.870 bits per heavy atom. The molecule has 3 aromatic rings. The highest BCUT2D eigenvalue weighted by Gasteiger charge is 2.00. The van der Waals surface area contributed by atoms with Gasteiger partial charge in [-0.25, -0.2) is 9.97 Å². The minimum Gasteiger partial charge on any atom is -0.370 e. The van der Waals surface area contributed by atoms with Crippen LogP contribution in [0.3, 0.4) is 0 Å². The molecule has 0 unspecified atom stereocenters. The fourth-order valence-corrected chi connectivity index (χ4v) is 2.45. The summed E-state index contributed by atoms with van der Waals surface area (Å²) in [4.78, 5) is 8.51. The molecular weight excluding hydrogens is 352 g/mol. The van der Waals surface area contributed by atoms with Crippen LogP contribution in [0.25, 0.3) is 0 Å². The van der Waals surface area contributed by atoms with E-state index in [1.807, 2.05) is 36.4 Å². The lowest BCUT2D eigenvalue weighted by molar-refractivity contribution is 1.000. The van der Waals surface area contributed by atoms with Crippen LogP contribution in [-0.4, -0.2) is 16.5 Å². The van der Waals surface area contributed by atoms with Gasteiger partial charge in [-0.3, -0.25) is 0 Å². The zero-order valence-corrected chi connectivity index (χ0v) is 14.1. The average Bonchev–Trinajstić information content (AvgIpc) is 2.58. The van der Waals surface area contributed by atoms with Gasteiger partial charge in [0.05, 0.1) is 0 Å². The van der Waals surface area contributed by atoms with E-state index in [1.54, 1.807) is 6.33 Å². The molecule has 0 saturated carbocycles. The average molecular weight is 369 g/mol. The van der Waals surface area contributed by atoms with E-state index in [9.17, 15) is 0 Å². The maximum absolute atomic E-state index is 4.26. The Labute approximate surface area is 144 Å². The first-order chi connectivity index (χ1) is 11.3. The monoisotopic (exact) mass is 368 g/mol. The van der Waals surface area contributed by atoms with Gasteiger partial charge >= 0.3 is 0 Å². The molecule has 0 atom stereocenters. The van der Waals surface area contributed by atoms with Crippen molar-refractivity contribution < 1.29 is 0 Å². The summed E-state index contributed by atoms with van der Waals surface area (Å²) in [6, 6.07) is 20.3. The number of benzene rings is 2. The van der Waals surface area contributed by atoms with Crippen LogP contribution in [0.4, 0.5) is 17.3 Å². The Hall–Kier alpha value is -2.40. The Morgan fingerprint density at radius 3 is 2.39 bits per heavy atom. The van der Waals surface area contributed by atoms with Crippen LogP contribution in [0.15, 0.2) is 71.5 Å². The number of nitrogens with one attached hydrogen (secondary N) is 2. The van der Waals surface area contributed by atoms with Crippen LogP contribution in [0.2, 0.25) is 0 Å². The van der Waals surface area contributed by atoms with Gasteiger partial charge in [0.1, 0.15) is 18.0 Å². The van der Waals surface area contributed by atoms with E-state index in [0.29, 0.717) is 0 Å². The molecule has 0 bridgehead atoms. The first kappa shape index (κ1) is 15.5. The molecule has 116 valence electrons. The first-order valence-corrected chi connectivity index (χ1v) is 8.21. The van der Waals surface area contributed by atoms with Gasteiger partial charge in [-0.1, -0.05) is 46.3 Å². The Balaban J connectivity index is 1.57. The van der Waals surface area contributed by atoms with E-state index in [1.165, 1.54) is 5.56 Å². The van der Waals surface area contributed by atoms with Crippen molar-refractivity contribution in [1.29, 1.82) is 0 Å². The topological polar surface area (TPSA) is 49.8 Å². The summed E-state index contributed by atoms with van der Waals surface area (Å²) < 4.78 is 1.05. The molecule has 0 aliphatic heterocycles. The maximum Gasteiger partial charge on any atom is 0.135 e. The second-order valence-electron chi connectivity index (χ2n) is 5.08. The summed E-state index contributed by atoms with van der Waals surface area (Å²) in [5.74, 6) is 1.58. The number of halogens is 1. The standard InChI is InChI=1S/C18H17BrN4/c19-15-6-8-16(9-7-15)23-18-12-17(21-13-22-18)20-11-10-14-4-2-1-3-5-14/h1-9,12-13H,10-11H2,(H2,20,21,22,23). The molecule has 4 nitrogen and oxygen atoms in total. The second kappa shape index (κ2) is 7.74. The van der Waals surface area contributed by atoms with E-state index in [2.05, 4.69) is 60.8 Å². The number of aromatic nitrogens is 2. The van der Waals surface area contributed by atoms with Crippen LogP contribution in [0.5, 0.6) is 0 Å². The van der Waals surface area contributed by atoms with Crippen LogP contribution in [-0.2, 0) is 6.42 Å². The highest BCUT2D eigenvalue weighted by molar-refractivity contribution is 9.10. The van der Waals surface area contributed by atoms with Crippen molar-refractivity contribution in [2.45, 2.75) is 6.42 Å². The highest BCUT2D eigenvalue weighted by Crippen LogP contribution is 2.19. The van der Waals surface area contributed by atoms with E-state index in [4.69, 9.17) is 0 Å². The van der Waals surface area contributed by atoms with Crippen molar-refractivity contribution >= 4 is 33.3 Å². The molecule has 0 aliphatic rings. The lowest BCUT2D eigenvalue weighted by atomic mass is 10.1. The summed E-state index contributed by atoms with van der Waals surface area (Å²) in [6.45, 7) is 0.832.